The highest BCUT2D eigenvalue weighted by Crippen LogP contribution is 2.28. The lowest BCUT2D eigenvalue weighted by molar-refractivity contribution is -0.136. The Kier molecular flexibility index (Phi) is 6.95. The molecule has 0 saturated carbocycles. The molecule has 5 rings (SSSR count). The number of carboxylic acids is 1. The van der Waals surface area contributed by atoms with Crippen LogP contribution in [0.5, 0.6) is 5.75 Å². The van der Waals surface area contributed by atoms with Gasteiger partial charge in [0.1, 0.15) is 29.5 Å². The van der Waals surface area contributed by atoms with Gasteiger partial charge in [-0.3, -0.25) is 9.48 Å². The van der Waals surface area contributed by atoms with E-state index in [1.165, 1.54) is 0 Å². The fraction of sp³-hybridized carbons (Fsp3) is 0.179. The van der Waals surface area contributed by atoms with Gasteiger partial charge in [0.15, 0.2) is 0 Å². The van der Waals surface area contributed by atoms with Gasteiger partial charge in [0.05, 0.1) is 11.4 Å². The third-order valence-corrected chi connectivity index (χ3v) is 6.63. The largest absolute Gasteiger partial charge is 0.487 e. The van der Waals surface area contributed by atoms with Crippen molar-refractivity contribution in [2.45, 2.75) is 32.9 Å². The maximum atomic E-state index is 11.1. The number of aliphatic carboxylic acids is 1. The van der Waals surface area contributed by atoms with Gasteiger partial charge in [-0.15, -0.1) is 11.3 Å². The molecule has 0 fully saturated rings. The molecule has 2 aromatic carbocycles. The Labute approximate surface area is 212 Å². The number of benzene rings is 2. The van der Waals surface area contributed by atoms with Crippen LogP contribution < -0.4 is 4.74 Å². The molecule has 0 amide bonds. The van der Waals surface area contributed by atoms with Gasteiger partial charge in [-0.05, 0) is 60.2 Å². The topological polar surface area (TPSA) is 90.4 Å². The molecule has 0 radical (unpaired) electrons. The van der Waals surface area contributed by atoms with Crippen molar-refractivity contribution >= 4 is 17.3 Å². The highest BCUT2D eigenvalue weighted by molar-refractivity contribution is 7.13. The monoisotopic (exact) mass is 499 g/mol. The van der Waals surface area contributed by atoms with Crippen molar-refractivity contribution in [3.63, 3.8) is 0 Å². The molecule has 0 aliphatic rings. The molecule has 0 saturated heterocycles. The number of nitrogens with zero attached hydrogens (tertiary/aromatic N) is 3. The van der Waals surface area contributed by atoms with E-state index in [0.29, 0.717) is 25.5 Å². The van der Waals surface area contributed by atoms with Crippen LogP contribution in [-0.4, -0.2) is 25.8 Å². The van der Waals surface area contributed by atoms with Crippen molar-refractivity contribution in [3.8, 4) is 27.8 Å². The third kappa shape index (κ3) is 5.55. The summed E-state index contributed by atoms with van der Waals surface area (Å²) in [5.74, 6) is 1.26. The Morgan fingerprint density at radius 1 is 1.08 bits per heavy atom. The highest BCUT2D eigenvalue weighted by atomic mass is 32.1. The van der Waals surface area contributed by atoms with Gasteiger partial charge in [0.2, 0.25) is 5.89 Å². The smallest absolute Gasteiger partial charge is 0.303 e. The zero-order valence-corrected chi connectivity index (χ0v) is 20.6. The second kappa shape index (κ2) is 10.6. The molecule has 0 aliphatic carbocycles. The molecular formula is C28H25N3O4S. The quantitative estimate of drug-likeness (QED) is 0.245. The number of oxazole rings is 1. The number of aromatic nitrogens is 3. The van der Waals surface area contributed by atoms with Gasteiger partial charge in [0, 0.05) is 18.2 Å². The third-order valence-electron chi connectivity index (χ3n) is 5.76. The summed E-state index contributed by atoms with van der Waals surface area (Å²) in [7, 11) is 0. The molecule has 3 aromatic heterocycles. The van der Waals surface area contributed by atoms with Crippen LogP contribution in [0.1, 0.15) is 29.0 Å². The van der Waals surface area contributed by atoms with Gasteiger partial charge < -0.3 is 14.3 Å². The summed E-state index contributed by atoms with van der Waals surface area (Å²) < 4.78 is 13.6. The average Bonchev–Trinajstić information content (AvgIpc) is 3.63. The number of rotatable bonds is 10. The van der Waals surface area contributed by atoms with Crippen LogP contribution in [0.2, 0.25) is 0 Å². The first-order valence-corrected chi connectivity index (χ1v) is 12.5. The molecule has 0 bridgehead atoms. The second-order valence-corrected chi connectivity index (χ2v) is 9.34. The second-order valence-electron chi connectivity index (χ2n) is 8.39. The summed E-state index contributed by atoms with van der Waals surface area (Å²) in [5.41, 5.74) is 4.56. The van der Waals surface area contributed by atoms with Gasteiger partial charge in [-0.2, -0.15) is 5.10 Å². The number of carboxylic acid groups (broad SMARTS) is 1. The van der Waals surface area contributed by atoms with E-state index in [1.54, 1.807) is 11.3 Å². The predicted molar refractivity (Wildman–Crippen MR) is 138 cm³/mol. The van der Waals surface area contributed by atoms with Crippen LogP contribution in [0.3, 0.4) is 0 Å². The minimum Gasteiger partial charge on any atom is -0.487 e. The molecule has 8 heteroatoms. The lowest BCUT2D eigenvalue weighted by atomic mass is 10.1. The van der Waals surface area contributed by atoms with Crippen molar-refractivity contribution in [1.29, 1.82) is 0 Å². The lowest BCUT2D eigenvalue weighted by Gasteiger charge is -2.06. The molecular weight excluding hydrogens is 474 g/mol. The lowest BCUT2D eigenvalue weighted by Crippen LogP contribution is -2.01. The van der Waals surface area contributed by atoms with Crippen LogP contribution in [0, 0.1) is 6.92 Å². The number of carbonyl (C=O) groups is 1. The molecule has 0 atom stereocenters. The minimum atomic E-state index is -0.812. The average molecular weight is 500 g/mol. The van der Waals surface area contributed by atoms with Gasteiger partial charge in [0.25, 0.3) is 0 Å². The van der Waals surface area contributed by atoms with E-state index in [1.807, 2.05) is 89.9 Å². The van der Waals surface area contributed by atoms with E-state index in [-0.39, 0.29) is 6.42 Å². The van der Waals surface area contributed by atoms with Gasteiger partial charge in [-0.1, -0.05) is 36.4 Å². The van der Waals surface area contributed by atoms with Crippen molar-refractivity contribution in [1.82, 2.24) is 14.8 Å². The Morgan fingerprint density at radius 2 is 1.89 bits per heavy atom. The number of aryl methyl sites for hydroxylation is 2. The van der Waals surface area contributed by atoms with Crippen LogP contribution in [0.25, 0.3) is 22.0 Å². The number of thiophene rings is 1. The molecule has 5 aromatic rings. The summed E-state index contributed by atoms with van der Waals surface area (Å²) in [4.78, 5) is 16.7. The normalized spacial score (nSPS) is 11.0. The number of hydrogen-bond donors (Lipinski definition) is 1. The maximum Gasteiger partial charge on any atom is 0.303 e. The number of hydrogen-bond acceptors (Lipinski definition) is 6. The summed E-state index contributed by atoms with van der Waals surface area (Å²) in [5, 5.41) is 15.8. The van der Waals surface area contributed by atoms with E-state index in [9.17, 15) is 4.79 Å². The molecule has 1 N–H and O–H groups in total. The van der Waals surface area contributed by atoms with Crippen LogP contribution in [-0.2, 0) is 24.4 Å². The first-order valence-electron chi connectivity index (χ1n) is 11.6. The van der Waals surface area contributed by atoms with Crippen LogP contribution in [0.15, 0.2) is 82.7 Å². The van der Waals surface area contributed by atoms with Crippen molar-refractivity contribution in [3.05, 3.63) is 101 Å². The molecule has 182 valence electrons. The molecule has 3 heterocycles. The summed E-state index contributed by atoms with van der Waals surface area (Å²) in [6.45, 7) is 2.78. The Bertz CT molecular complexity index is 1440. The highest BCUT2D eigenvalue weighted by Gasteiger charge is 2.14. The van der Waals surface area contributed by atoms with E-state index in [2.05, 4.69) is 4.98 Å². The zero-order valence-electron chi connectivity index (χ0n) is 19.8. The SMILES string of the molecule is Cc1oc(-c2ccccc2)nc1COc1ccc(Cn2cc(CCC(=O)O)c(-c3cccs3)n2)cc1. The predicted octanol–water partition coefficient (Wildman–Crippen LogP) is 6.22. The first-order chi connectivity index (χ1) is 17.5. The van der Waals surface area contributed by atoms with Crippen LogP contribution in [0.4, 0.5) is 0 Å². The summed E-state index contributed by atoms with van der Waals surface area (Å²) in [6.07, 6.45) is 2.47. The summed E-state index contributed by atoms with van der Waals surface area (Å²) in [6, 6.07) is 21.6. The molecule has 36 heavy (non-hydrogen) atoms. The Hall–Kier alpha value is -4.17. The fourth-order valence-electron chi connectivity index (χ4n) is 3.88. The van der Waals surface area contributed by atoms with E-state index < -0.39 is 5.97 Å². The Balaban J connectivity index is 1.24. The van der Waals surface area contributed by atoms with Crippen LogP contribution >= 0.6 is 11.3 Å². The minimum absolute atomic E-state index is 0.0773. The van der Waals surface area contributed by atoms with E-state index >= 15 is 0 Å². The standard InChI is InChI=1S/C28H25N3O4S/c1-19-24(29-28(35-19)21-6-3-2-4-7-21)18-34-23-12-9-20(10-13-23)16-31-17-22(11-14-26(32)33)27(30-31)25-8-5-15-36-25/h2-10,12-13,15,17H,11,14,16,18H2,1H3,(H,32,33). The van der Waals surface area contributed by atoms with Crippen molar-refractivity contribution in [2.75, 3.05) is 0 Å². The zero-order chi connectivity index (χ0) is 24.9. The molecule has 0 spiro atoms. The van der Waals surface area contributed by atoms with E-state index in [4.69, 9.17) is 19.4 Å². The van der Waals surface area contributed by atoms with Crippen molar-refractivity contribution < 1.29 is 19.1 Å². The van der Waals surface area contributed by atoms with Gasteiger partial charge in [-0.25, -0.2) is 4.98 Å². The van der Waals surface area contributed by atoms with Gasteiger partial charge >= 0.3 is 5.97 Å². The molecule has 0 aliphatic heterocycles. The maximum absolute atomic E-state index is 11.1. The number of ether oxygens (including phenoxy) is 1. The van der Waals surface area contributed by atoms with Crippen molar-refractivity contribution in [2.24, 2.45) is 0 Å². The first kappa shape index (κ1) is 23.6. The Morgan fingerprint density at radius 3 is 2.61 bits per heavy atom. The van der Waals surface area contributed by atoms with E-state index in [0.717, 1.165) is 44.5 Å². The molecule has 7 nitrogen and oxygen atoms in total. The summed E-state index contributed by atoms with van der Waals surface area (Å²) >= 11 is 1.60. The molecule has 0 unspecified atom stereocenters. The fourth-order valence-corrected chi connectivity index (χ4v) is 4.63.